The molecule has 0 atom stereocenters. The Labute approximate surface area is 93.3 Å². The summed E-state index contributed by atoms with van der Waals surface area (Å²) < 4.78 is 2.68. The number of hydrogen-bond acceptors (Lipinski definition) is 4. The van der Waals surface area contributed by atoms with E-state index in [9.17, 15) is 9.59 Å². The summed E-state index contributed by atoms with van der Waals surface area (Å²) in [5.74, 6) is 0.720. The van der Waals surface area contributed by atoms with E-state index in [4.69, 9.17) is 0 Å². The molecular formula is C10H16N4O2. The van der Waals surface area contributed by atoms with Crippen LogP contribution in [-0.2, 0) is 14.1 Å². The molecular weight excluding hydrogens is 208 g/mol. The molecule has 1 aromatic rings. The molecule has 6 nitrogen and oxygen atoms in total. The minimum atomic E-state index is -0.280. The van der Waals surface area contributed by atoms with Gasteiger partial charge in [-0.1, -0.05) is 0 Å². The Hall–Kier alpha value is -1.72. The van der Waals surface area contributed by atoms with Gasteiger partial charge in [0.15, 0.2) is 0 Å². The maximum absolute atomic E-state index is 12.0. The van der Waals surface area contributed by atoms with Crippen LogP contribution in [0.1, 0.15) is 6.92 Å². The van der Waals surface area contributed by atoms with E-state index in [0.717, 1.165) is 16.9 Å². The van der Waals surface area contributed by atoms with Crippen LogP contribution in [0.15, 0.2) is 9.59 Å². The second-order valence-corrected chi connectivity index (χ2v) is 4.07. The molecule has 6 heteroatoms. The van der Waals surface area contributed by atoms with Crippen LogP contribution in [0, 0.1) is 0 Å². The summed E-state index contributed by atoms with van der Waals surface area (Å²) in [5, 5.41) is 0. The van der Waals surface area contributed by atoms with E-state index in [1.54, 1.807) is 7.05 Å². The third-order valence-electron chi connectivity index (χ3n) is 3.06. The van der Waals surface area contributed by atoms with Crippen molar-refractivity contribution in [1.82, 2.24) is 9.13 Å². The molecule has 0 N–H and O–H groups in total. The van der Waals surface area contributed by atoms with Crippen molar-refractivity contribution in [3.05, 3.63) is 20.8 Å². The van der Waals surface area contributed by atoms with Gasteiger partial charge in [-0.2, -0.15) is 0 Å². The molecule has 1 aromatic heterocycles. The van der Waals surface area contributed by atoms with Gasteiger partial charge in [0.25, 0.3) is 5.56 Å². The first-order chi connectivity index (χ1) is 7.49. The third kappa shape index (κ3) is 1.19. The number of anilines is 2. The van der Waals surface area contributed by atoms with E-state index in [1.807, 2.05) is 23.8 Å². The zero-order chi connectivity index (χ0) is 12.0. The second-order valence-electron chi connectivity index (χ2n) is 4.07. The lowest BCUT2D eigenvalue weighted by molar-refractivity contribution is 0.684. The zero-order valence-electron chi connectivity index (χ0n) is 10.0. The van der Waals surface area contributed by atoms with Crippen LogP contribution in [0.5, 0.6) is 0 Å². The Kier molecular flexibility index (Phi) is 2.29. The van der Waals surface area contributed by atoms with Crippen LogP contribution in [-0.4, -0.2) is 29.4 Å². The maximum atomic E-state index is 12.0. The van der Waals surface area contributed by atoms with Crippen molar-refractivity contribution < 1.29 is 0 Å². The monoisotopic (exact) mass is 224 g/mol. The van der Waals surface area contributed by atoms with Gasteiger partial charge in [0.05, 0.1) is 6.67 Å². The number of nitrogens with zero attached hydrogens (tertiary/aromatic N) is 4. The fourth-order valence-corrected chi connectivity index (χ4v) is 2.16. The van der Waals surface area contributed by atoms with Gasteiger partial charge in [0.1, 0.15) is 11.5 Å². The van der Waals surface area contributed by atoms with E-state index >= 15 is 0 Å². The van der Waals surface area contributed by atoms with E-state index < -0.39 is 0 Å². The van der Waals surface area contributed by atoms with Crippen molar-refractivity contribution in [1.29, 1.82) is 0 Å². The highest BCUT2D eigenvalue weighted by Crippen LogP contribution is 2.29. The predicted octanol–water partition coefficient (Wildman–Crippen LogP) is -0.682. The molecule has 0 saturated carbocycles. The molecule has 0 unspecified atom stereocenters. The van der Waals surface area contributed by atoms with Crippen molar-refractivity contribution >= 4 is 11.5 Å². The topological polar surface area (TPSA) is 50.5 Å². The van der Waals surface area contributed by atoms with Gasteiger partial charge in [-0.25, -0.2) is 4.79 Å². The van der Waals surface area contributed by atoms with E-state index in [-0.39, 0.29) is 11.2 Å². The average Bonchev–Trinajstić information content (AvgIpc) is 2.60. The van der Waals surface area contributed by atoms with Crippen molar-refractivity contribution in [2.75, 3.05) is 30.1 Å². The maximum Gasteiger partial charge on any atom is 0.332 e. The van der Waals surface area contributed by atoms with Crippen molar-refractivity contribution in [3.8, 4) is 0 Å². The molecule has 88 valence electrons. The summed E-state index contributed by atoms with van der Waals surface area (Å²) in [5.41, 5.74) is 0.0977. The Bertz CT molecular complexity index is 543. The van der Waals surface area contributed by atoms with Crippen LogP contribution in [0.2, 0.25) is 0 Å². The third-order valence-corrected chi connectivity index (χ3v) is 3.06. The van der Waals surface area contributed by atoms with Gasteiger partial charge in [-0.15, -0.1) is 0 Å². The van der Waals surface area contributed by atoms with Crippen molar-refractivity contribution in [2.45, 2.75) is 6.92 Å². The van der Waals surface area contributed by atoms with Crippen LogP contribution in [0.3, 0.4) is 0 Å². The molecule has 0 aromatic carbocycles. The van der Waals surface area contributed by atoms with Crippen LogP contribution >= 0.6 is 0 Å². The van der Waals surface area contributed by atoms with Gasteiger partial charge in [-0.05, 0) is 6.92 Å². The fourth-order valence-electron chi connectivity index (χ4n) is 2.16. The molecule has 2 rings (SSSR count). The summed E-state index contributed by atoms with van der Waals surface area (Å²) in [6.07, 6.45) is 0. The second kappa shape index (κ2) is 3.40. The molecule has 1 aliphatic heterocycles. The Morgan fingerprint density at radius 1 is 1.12 bits per heavy atom. The molecule has 0 bridgehead atoms. The van der Waals surface area contributed by atoms with Gasteiger partial charge in [-0.3, -0.25) is 13.9 Å². The Morgan fingerprint density at radius 2 is 1.75 bits per heavy atom. The van der Waals surface area contributed by atoms with Gasteiger partial charge in [0, 0.05) is 27.7 Å². The summed E-state index contributed by atoms with van der Waals surface area (Å²) in [4.78, 5) is 27.7. The van der Waals surface area contributed by atoms with Crippen molar-refractivity contribution in [2.24, 2.45) is 14.1 Å². The minimum absolute atomic E-state index is 0.225. The van der Waals surface area contributed by atoms with E-state index in [1.165, 1.54) is 11.6 Å². The SMILES string of the molecule is CCN1CN(C)c2c1n(C)c(=O)n(C)c2=O. The molecule has 0 fully saturated rings. The molecule has 0 amide bonds. The first-order valence-electron chi connectivity index (χ1n) is 5.25. The molecule has 16 heavy (non-hydrogen) atoms. The predicted molar refractivity (Wildman–Crippen MR) is 63.2 cm³/mol. The number of rotatable bonds is 1. The standard InChI is InChI=1S/C10H16N4O2/c1-5-14-6-11(2)7-8(14)12(3)10(16)13(4)9(7)15/h5-6H2,1-4H3. The van der Waals surface area contributed by atoms with Crippen molar-refractivity contribution in [3.63, 3.8) is 0 Å². The van der Waals surface area contributed by atoms with E-state index in [0.29, 0.717) is 12.4 Å². The fraction of sp³-hybridized carbons (Fsp3) is 0.600. The van der Waals surface area contributed by atoms with Gasteiger partial charge >= 0.3 is 5.69 Å². The zero-order valence-corrected chi connectivity index (χ0v) is 10.0. The largest absolute Gasteiger partial charge is 0.349 e. The number of aromatic nitrogens is 2. The van der Waals surface area contributed by atoms with Crippen LogP contribution < -0.4 is 21.0 Å². The van der Waals surface area contributed by atoms with Crippen LogP contribution in [0.25, 0.3) is 0 Å². The Morgan fingerprint density at radius 3 is 2.31 bits per heavy atom. The quantitative estimate of drug-likeness (QED) is 0.634. The van der Waals surface area contributed by atoms with Crippen LogP contribution in [0.4, 0.5) is 11.5 Å². The number of hydrogen-bond donors (Lipinski definition) is 0. The average molecular weight is 224 g/mol. The Balaban J connectivity index is 2.86. The molecule has 0 saturated heterocycles. The lowest BCUT2D eigenvalue weighted by atomic mass is 10.4. The highest BCUT2D eigenvalue weighted by atomic mass is 16.2. The lowest BCUT2D eigenvalue weighted by Crippen LogP contribution is -2.39. The summed E-state index contributed by atoms with van der Waals surface area (Å²) in [7, 11) is 5.07. The summed E-state index contributed by atoms with van der Waals surface area (Å²) in [6.45, 7) is 3.43. The first kappa shape index (κ1) is 10.8. The normalized spacial score (nSPS) is 14.5. The molecule has 0 spiro atoms. The molecule has 2 heterocycles. The number of fused-ring (bicyclic) bond motifs is 1. The smallest absolute Gasteiger partial charge is 0.332 e. The molecule has 0 aliphatic carbocycles. The summed E-state index contributed by atoms with van der Waals surface area (Å²) >= 11 is 0. The first-order valence-corrected chi connectivity index (χ1v) is 5.25. The van der Waals surface area contributed by atoms with Gasteiger partial charge in [0.2, 0.25) is 0 Å². The van der Waals surface area contributed by atoms with Gasteiger partial charge < -0.3 is 9.80 Å². The highest BCUT2D eigenvalue weighted by molar-refractivity contribution is 5.71. The molecule has 1 aliphatic rings. The minimum Gasteiger partial charge on any atom is -0.349 e. The summed E-state index contributed by atoms with van der Waals surface area (Å²) in [6, 6.07) is 0. The van der Waals surface area contributed by atoms with E-state index in [2.05, 4.69) is 0 Å². The molecule has 0 radical (unpaired) electrons. The highest BCUT2D eigenvalue weighted by Gasteiger charge is 2.29. The lowest BCUT2D eigenvalue weighted by Gasteiger charge is -2.17.